The molecule has 1 aliphatic rings. The van der Waals surface area contributed by atoms with Gasteiger partial charge >= 0.3 is 0 Å². The molecule has 1 heterocycles. The first-order valence-corrected chi connectivity index (χ1v) is 14.9. The smallest absolute Gasteiger partial charge is 0.224 e. The molecule has 240 valence electrons. The molecule has 3 N–H and O–H groups in total. The summed E-state index contributed by atoms with van der Waals surface area (Å²) in [4.78, 5) is 39.7. The van der Waals surface area contributed by atoms with E-state index in [-0.39, 0.29) is 23.7 Å². The van der Waals surface area contributed by atoms with Gasteiger partial charge in [0.25, 0.3) is 0 Å². The Hall–Kier alpha value is -5.46. The number of hydrogen-bond donors (Lipinski definition) is 3. The van der Waals surface area contributed by atoms with E-state index in [9.17, 15) is 14.4 Å². The van der Waals surface area contributed by atoms with Crippen LogP contribution in [0.2, 0.25) is 0 Å². The van der Waals surface area contributed by atoms with E-state index in [4.69, 9.17) is 14.2 Å². The summed E-state index contributed by atoms with van der Waals surface area (Å²) in [7, 11) is 6.35. The van der Waals surface area contributed by atoms with E-state index in [1.807, 2.05) is 24.3 Å². The fourth-order valence-corrected chi connectivity index (χ4v) is 5.68. The zero-order valence-electron chi connectivity index (χ0n) is 26.5. The van der Waals surface area contributed by atoms with Crippen LogP contribution in [0.15, 0.2) is 53.3 Å². The van der Waals surface area contributed by atoms with Crippen LogP contribution in [0.1, 0.15) is 43.4 Å². The zero-order valence-corrected chi connectivity index (χ0v) is 26.5. The van der Waals surface area contributed by atoms with E-state index in [0.29, 0.717) is 65.8 Å². The number of anilines is 2. The Morgan fingerprint density at radius 2 is 1.83 bits per heavy atom. The van der Waals surface area contributed by atoms with E-state index in [1.165, 1.54) is 11.7 Å². The van der Waals surface area contributed by atoms with E-state index < -0.39 is 6.04 Å². The third-order valence-electron chi connectivity index (χ3n) is 7.72. The molecular formula is C33H37N7O6. The number of ether oxygens (including phenoxy) is 3. The van der Waals surface area contributed by atoms with Gasteiger partial charge in [0.1, 0.15) is 0 Å². The number of carbonyl (C=O) groups excluding carboxylic acids is 2. The molecule has 5 rings (SSSR count). The summed E-state index contributed by atoms with van der Waals surface area (Å²) in [5.74, 6) is 1.56. The molecule has 0 radical (unpaired) electrons. The lowest BCUT2D eigenvalue weighted by Gasteiger charge is -2.19. The first-order chi connectivity index (χ1) is 22.2. The second-order valence-corrected chi connectivity index (χ2v) is 10.9. The maximum atomic E-state index is 13.5. The number of benzene rings is 2. The van der Waals surface area contributed by atoms with E-state index in [0.717, 1.165) is 22.3 Å². The number of nitrogens with zero attached hydrogens (tertiary/aromatic N) is 4. The predicted molar refractivity (Wildman–Crippen MR) is 173 cm³/mol. The van der Waals surface area contributed by atoms with Crippen LogP contribution in [0, 0.1) is 0 Å². The van der Waals surface area contributed by atoms with Gasteiger partial charge in [-0.1, -0.05) is 18.2 Å². The molecule has 0 fully saturated rings. The molecule has 2 amide bonds. The Labute approximate surface area is 266 Å². The number of aryl methyl sites for hydroxylation is 2. The van der Waals surface area contributed by atoms with Gasteiger partial charge in [-0.25, -0.2) is 0 Å². The normalized spacial score (nSPS) is 13.5. The molecule has 46 heavy (non-hydrogen) atoms. The lowest BCUT2D eigenvalue weighted by molar-refractivity contribution is -0.119. The van der Waals surface area contributed by atoms with Crippen molar-refractivity contribution in [3.05, 3.63) is 69.9 Å². The number of carbonyl (C=O) groups is 2. The van der Waals surface area contributed by atoms with Gasteiger partial charge in [-0.05, 0) is 71.5 Å². The molecule has 0 bridgehead atoms. The summed E-state index contributed by atoms with van der Waals surface area (Å²) >= 11 is 0. The summed E-state index contributed by atoms with van der Waals surface area (Å²) in [6, 6.07) is 13.9. The summed E-state index contributed by atoms with van der Waals surface area (Å²) in [6.07, 6.45) is 1.90. The van der Waals surface area contributed by atoms with Gasteiger partial charge in [0, 0.05) is 36.7 Å². The SMILES string of the molecule is COc1cc2c(c(OC)c1OC)-c1ccc(NCCCC(=O)Nc3cccc(-c4nnn(C)n4)c3)c(=O)cc1C(NC(C)=O)CC2. The molecule has 4 aromatic rings. The van der Waals surface area contributed by atoms with Crippen LogP contribution in [0.5, 0.6) is 17.2 Å². The van der Waals surface area contributed by atoms with Crippen molar-refractivity contribution in [2.45, 2.75) is 38.6 Å². The molecule has 3 aromatic carbocycles. The van der Waals surface area contributed by atoms with Crippen LogP contribution in [0.3, 0.4) is 0 Å². The van der Waals surface area contributed by atoms with Crippen LogP contribution in [0.4, 0.5) is 11.4 Å². The number of tetrazole rings is 1. The van der Waals surface area contributed by atoms with E-state index in [2.05, 4.69) is 31.4 Å². The molecule has 0 saturated carbocycles. The van der Waals surface area contributed by atoms with Gasteiger partial charge < -0.3 is 30.2 Å². The van der Waals surface area contributed by atoms with Crippen molar-refractivity contribution in [1.29, 1.82) is 0 Å². The quantitative estimate of drug-likeness (QED) is 0.208. The summed E-state index contributed by atoms with van der Waals surface area (Å²) in [5, 5.41) is 21.2. The summed E-state index contributed by atoms with van der Waals surface area (Å²) in [5.41, 5.74) is 4.65. The molecule has 1 unspecified atom stereocenters. The number of hydrogen-bond acceptors (Lipinski definition) is 10. The van der Waals surface area contributed by atoms with Gasteiger partial charge in [0.15, 0.2) is 11.5 Å². The Kier molecular flexibility index (Phi) is 9.79. The molecule has 13 heteroatoms. The fraction of sp³-hybridized carbons (Fsp3) is 0.333. The van der Waals surface area contributed by atoms with Crippen LogP contribution >= 0.6 is 0 Å². The number of rotatable bonds is 11. The second-order valence-electron chi connectivity index (χ2n) is 10.9. The minimum absolute atomic E-state index is 0.162. The predicted octanol–water partition coefficient (Wildman–Crippen LogP) is 3.88. The van der Waals surface area contributed by atoms with E-state index >= 15 is 0 Å². The van der Waals surface area contributed by atoms with Crippen molar-refractivity contribution in [1.82, 2.24) is 25.5 Å². The third-order valence-corrected chi connectivity index (χ3v) is 7.72. The largest absolute Gasteiger partial charge is 0.493 e. The van der Waals surface area contributed by atoms with Gasteiger partial charge in [-0.2, -0.15) is 4.80 Å². The van der Waals surface area contributed by atoms with Crippen molar-refractivity contribution in [3.8, 4) is 39.8 Å². The number of methoxy groups -OCH3 is 3. The van der Waals surface area contributed by atoms with Crippen LogP contribution < -0.4 is 35.6 Å². The average Bonchev–Trinajstić information content (AvgIpc) is 3.35. The number of amides is 2. The topological polar surface area (TPSA) is 159 Å². The van der Waals surface area contributed by atoms with Crippen LogP contribution in [-0.4, -0.2) is 59.9 Å². The Bertz CT molecular complexity index is 1820. The van der Waals surface area contributed by atoms with Crippen molar-refractivity contribution < 1.29 is 23.8 Å². The number of aromatic nitrogens is 4. The minimum atomic E-state index is -0.401. The van der Waals surface area contributed by atoms with Crippen LogP contribution in [0.25, 0.3) is 22.5 Å². The first kappa shape index (κ1) is 31.9. The van der Waals surface area contributed by atoms with Gasteiger partial charge in [-0.3, -0.25) is 14.4 Å². The summed E-state index contributed by atoms with van der Waals surface area (Å²) in [6.45, 7) is 1.85. The first-order valence-electron chi connectivity index (χ1n) is 14.9. The zero-order chi connectivity index (χ0) is 32.8. The molecule has 1 atom stereocenters. The minimum Gasteiger partial charge on any atom is -0.493 e. The Balaban J connectivity index is 1.35. The van der Waals surface area contributed by atoms with Gasteiger partial charge in [-0.15, -0.1) is 10.2 Å². The van der Waals surface area contributed by atoms with Crippen LogP contribution in [-0.2, 0) is 23.1 Å². The van der Waals surface area contributed by atoms with Gasteiger partial charge in [0.2, 0.25) is 28.8 Å². The molecule has 1 aromatic heterocycles. The molecule has 13 nitrogen and oxygen atoms in total. The second kappa shape index (κ2) is 14.1. The fourth-order valence-electron chi connectivity index (χ4n) is 5.68. The highest BCUT2D eigenvalue weighted by molar-refractivity contribution is 5.91. The monoisotopic (exact) mass is 627 g/mol. The lowest BCUT2D eigenvalue weighted by atomic mass is 9.95. The highest BCUT2D eigenvalue weighted by Crippen LogP contribution is 2.50. The maximum absolute atomic E-state index is 13.5. The maximum Gasteiger partial charge on any atom is 0.224 e. The molecule has 0 spiro atoms. The number of fused-ring (bicyclic) bond motifs is 3. The van der Waals surface area contributed by atoms with Crippen molar-refractivity contribution in [2.75, 3.05) is 38.5 Å². The average molecular weight is 628 g/mol. The molecular weight excluding hydrogens is 590 g/mol. The van der Waals surface area contributed by atoms with Gasteiger partial charge in [0.05, 0.1) is 40.1 Å². The highest BCUT2D eigenvalue weighted by Gasteiger charge is 2.29. The summed E-state index contributed by atoms with van der Waals surface area (Å²) < 4.78 is 17.1. The standard InChI is InChI=1S/C33H37N7O6/c1-19(41)35-25-13-11-20-17-28(44-3)31(45-4)32(46-5)30(20)23-12-14-26(27(42)18-24(23)25)34-15-7-10-29(43)36-22-9-6-8-21(16-22)33-37-39-40(2)38-33/h6,8-9,12,14,16-18,25H,7,10-11,13,15H2,1-5H3,(H,34,42)(H,35,41)(H,36,43). The highest BCUT2D eigenvalue weighted by atomic mass is 16.5. The molecule has 1 aliphatic carbocycles. The molecule has 0 saturated heterocycles. The van der Waals surface area contributed by atoms with E-state index in [1.54, 1.807) is 52.6 Å². The van der Waals surface area contributed by atoms with Crippen molar-refractivity contribution in [2.24, 2.45) is 7.05 Å². The van der Waals surface area contributed by atoms with Crippen molar-refractivity contribution >= 4 is 23.2 Å². The number of nitrogens with one attached hydrogen (secondary N) is 3. The van der Waals surface area contributed by atoms with Crippen molar-refractivity contribution in [3.63, 3.8) is 0 Å². The third kappa shape index (κ3) is 6.93. The molecule has 0 aliphatic heterocycles. The lowest BCUT2D eigenvalue weighted by Crippen LogP contribution is -2.26. The Morgan fingerprint density at radius 3 is 2.52 bits per heavy atom. The Morgan fingerprint density at radius 1 is 1.02 bits per heavy atom.